The summed E-state index contributed by atoms with van der Waals surface area (Å²) in [7, 11) is 2.05. The molecule has 0 amide bonds. The molecule has 0 aromatic heterocycles. The molecule has 0 radical (unpaired) electrons. The van der Waals surface area contributed by atoms with Crippen LogP contribution in [0.25, 0.3) is 0 Å². The Morgan fingerprint density at radius 2 is 2.11 bits per heavy atom. The molecular weight excluding hydrogens is 236 g/mol. The lowest BCUT2D eigenvalue weighted by molar-refractivity contribution is 0.283. The molecule has 2 rings (SSSR count). The molecule has 0 spiro atoms. The largest absolute Gasteiger partial charge is 0.396 e. The number of aliphatic hydroxyl groups excluding tert-OH is 1. The summed E-state index contributed by atoms with van der Waals surface area (Å²) in [6, 6.07) is 9.26. The Hall–Kier alpha value is -1.06. The monoisotopic (exact) mass is 262 g/mol. The van der Waals surface area contributed by atoms with Gasteiger partial charge >= 0.3 is 0 Å². The molecule has 1 heterocycles. The van der Waals surface area contributed by atoms with Gasteiger partial charge in [-0.2, -0.15) is 0 Å². The average Bonchev–Trinajstić information content (AvgIpc) is 2.63. The molecule has 2 N–H and O–H groups in total. The zero-order valence-corrected chi connectivity index (χ0v) is 11.9. The van der Waals surface area contributed by atoms with Crippen molar-refractivity contribution in [2.45, 2.75) is 38.1 Å². The van der Waals surface area contributed by atoms with Gasteiger partial charge < -0.3 is 15.3 Å². The van der Waals surface area contributed by atoms with Crippen molar-refractivity contribution in [1.82, 2.24) is 5.32 Å². The van der Waals surface area contributed by atoms with Crippen LogP contribution < -0.4 is 10.2 Å². The third-order valence-electron chi connectivity index (χ3n) is 4.01. The lowest BCUT2D eigenvalue weighted by Gasteiger charge is -2.25. The number of hydrogen-bond donors (Lipinski definition) is 2. The second kappa shape index (κ2) is 7.51. The predicted molar refractivity (Wildman–Crippen MR) is 80.6 cm³/mol. The predicted octanol–water partition coefficient (Wildman–Crippen LogP) is 2.71. The van der Waals surface area contributed by atoms with Crippen LogP contribution in [0, 0.1) is 0 Å². The van der Waals surface area contributed by atoms with Crippen molar-refractivity contribution in [3.63, 3.8) is 0 Å². The molecule has 1 aliphatic heterocycles. The summed E-state index contributed by atoms with van der Waals surface area (Å²) in [4.78, 5) is 2.52. The summed E-state index contributed by atoms with van der Waals surface area (Å²) in [5.41, 5.74) is 2.83. The van der Waals surface area contributed by atoms with Crippen LogP contribution in [0.4, 0.5) is 5.69 Å². The van der Waals surface area contributed by atoms with Crippen LogP contribution in [0.1, 0.15) is 43.7 Å². The Labute approximate surface area is 116 Å². The molecule has 0 saturated heterocycles. The Morgan fingerprint density at radius 1 is 1.26 bits per heavy atom. The minimum absolute atomic E-state index is 0.318. The summed E-state index contributed by atoms with van der Waals surface area (Å²) in [5.74, 6) is 0. The summed E-state index contributed by atoms with van der Waals surface area (Å²) < 4.78 is 0. The molecule has 19 heavy (non-hydrogen) atoms. The highest BCUT2D eigenvalue weighted by molar-refractivity contribution is 5.55. The molecule has 0 saturated carbocycles. The molecule has 106 valence electrons. The fourth-order valence-electron chi connectivity index (χ4n) is 2.96. The standard InChI is InChI=1S/C16H26N2O/c1-17-15-9-7-12-18(11-5-2-6-13-19)16-10-4-3-8-14(15)16/h3-4,8,10,15,17,19H,2,5-7,9,11-13H2,1H3. The number of para-hydroxylation sites is 1. The zero-order chi connectivity index (χ0) is 13.5. The van der Waals surface area contributed by atoms with Crippen molar-refractivity contribution in [3.8, 4) is 0 Å². The number of aliphatic hydroxyl groups is 1. The van der Waals surface area contributed by atoms with Crippen molar-refractivity contribution < 1.29 is 5.11 Å². The Kier molecular flexibility index (Phi) is 5.67. The molecule has 1 atom stereocenters. The van der Waals surface area contributed by atoms with Gasteiger partial charge in [-0.05, 0) is 50.8 Å². The Bertz CT molecular complexity index is 381. The number of rotatable bonds is 6. The number of benzene rings is 1. The van der Waals surface area contributed by atoms with Gasteiger partial charge in [-0.15, -0.1) is 0 Å². The van der Waals surface area contributed by atoms with Crippen LogP contribution in [0.15, 0.2) is 24.3 Å². The van der Waals surface area contributed by atoms with E-state index in [1.54, 1.807) is 0 Å². The molecule has 0 fully saturated rings. The summed E-state index contributed by atoms with van der Waals surface area (Å²) >= 11 is 0. The highest BCUT2D eigenvalue weighted by atomic mass is 16.2. The first-order valence-corrected chi connectivity index (χ1v) is 7.49. The average molecular weight is 262 g/mol. The maximum absolute atomic E-state index is 8.85. The molecule has 1 aliphatic rings. The van der Waals surface area contributed by atoms with Gasteiger partial charge in [-0.25, -0.2) is 0 Å². The SMILES string of the molecule is CNC1CCCN(CCCCCO)c2ccccc21. The van der Waals surface area contributed by atoms with Gasteiger partial charge in [0.1, 0.15) is 0 Å². The second-order valence-electron chi connectivity index (χ2n) is 5.31. The number of anilines is 1. The normalized spacial score (nSPS) is 19.1. The van der Waals surface area contributed by atoms with Crippen LogP contribution in [-0.2, 0) is 0 Å². The van der Waals surface area contributed by atoms with Crippen LogP contribution in [0.2, 0.25) is 0 Å². The van der Waals surface area contributed by atoms with E-state index >= 15 is 0 Å². The van der Waals surface area contributed by atoms with Crippen molar-refractivity contribution in [2.75, 3.05) is 31.6 Å². The fraction of sp³-hybridized carbons (Fsp3) is 0.625. The fourth-order valence-corrected chi connectivity index (χ4v) is 2.96. The summed E-state index contributed by atoms with van der Waals surface area (Å²) in [6.07, 6.45) is 5.65. The van der Waals surface area contributed by atoms with Gasteiger partial charge in [-0.3, -0.25) is 0 Å². The quantitative estimate of drug-likeness (QED) is 0.774. The first kappa shape index (κ1) is 14.4. The van der Waals surface area contributed by atoms with E-state index < -0.39 is 0 Å². The van der Waals surface area contributed by atoms with E-state index in [0.29, 0.717) is 12.6 Å². The van der Waals surface area contributed by atoms with Gasteiger partial charge in [0.25, 0.3) is 0 Å². The van der Waals surface area contributed by atoms with Gasteiger partial charge in [0.15, 0.2) is 0 Å². The van der Waals surface area contributed by atoms with Gasteiger partial charge in [0.2, 0.25) is 0 Å². The van der Waals surface area contributed by atoms with E-state index in [-0.39, 0.29) is 0 Å². The highest BCUT2D eigenvalue weighted by Gasteiger charge is 2.20. The van der Waals surface area contributed by atoms with Crippen LogP contribution in [0.3, 0.4) is 0 Å². The number of unbranched alkanes of at least 4 members (excludes halogenated alkanes) is 2. The van der Waals surface area contributed by atoms with Crippen molar-refractivity contribution in [3.05, 3.63) is 29.8 Å². The van der Waals surface area contributed by atoms with Crippen LogP contribution in [0.5, 0.6) is 0 Å². The molecule has 1 aromatic carbocycles. The van der Waals surface area contributed by atoms with E-state index in [2.05, 4.69) is 41.5 Å². The van der Waals surface area contributed by atoms with E-state index in [9.17, 15) is 0 Å². The van der Waals surface area contributed by atoms with Crippen molar-refractivity contribution >= 4 is 5.69 Å². The number of hydrogen-bond acceptors (Lipinski definition) is 3. The Balaban J connectivity index is 2.07. The van der Waals surface area contributed by atoms with Gasteiger partial charge in [0, 0.05) is 31.4 Å². The lowest BCUT2D eigenvalue weighted by atomic mass is 10.0. The third-order valence-corrected chi connectivity index (χ3v) is 4.01. The first-order chi connectivity index (χ1) is 9.36. The zero-order valence-electron chi connectivity index (χ0n) is 11.9. The van der Waals surface area contributed by atoms with E-state index in [1.807, 2.05) is 0 Å². The van der Waals surface area contributed by atoms with Crippen molar-refractivity contribution in [1.29, 1.82) is 0 Å². The summed E-state index contributed by atoms with van der Waals surface area (Å²) in [5, 5.41) is 12.3. The number of nitrogens with zero attached hydrogens (tertiary/aromatic N) is 1. The van der Waals surface area contributed by atoms with E-state index in [1.165, 1.54) is 30.5 Å². The molecule has 0 aliphatic carbocycles. The maximum Gasteiger partial charge on any atom is 0.0431 e. The molecular formula is C16H26N2O. The van der Waals surface area contributed by atoms with Crippen molar-refractivity contribution in [2.24, 2.45) is 0 Å². The second-order valence-corrected chi connectivity index (χ2v) is 5.31. The van der Waals surface area contributed by atoms with Gasteiger partial charge in [-0.1, -0.05) is 18.2 Å². The van der Waals surface area contributed by atoms with Gasteiger partial charge in [0.05, 0.1) is 0 Å². The summed E-state index contributed by atoms with van der Waals surface area (Å²) in [6.45, 7) is 2.57. The lowest BCUT2D eigenvalue weighted by Crippen LogP contribution is -2.25. The third kappa shape index (κ3) is 3.71. The molecule has 3 heteroatoms. The van der Waals surface area contributed by atoms with E-state index in [0.717, 1.165) is 25.9 Å². The minimum Gasteiger partial charge on any atom is -0.396 e. The number of fused-ring (bicyclic) bond motifs is 1. The molecule has 0 bridgehead atoms. The highest BCUT2D eigenvalue weighted by Crippen LogP contribution is 2.32. The molecule has 3 nitrogen and oxygen atoms in total. The molecule has 1 unspecified atom stereocenters. The van der Waals surface area contributed by atoms with Crippen LogP contribution >= 0.6 is 0 Å². The number of nitrogens with one attached hydrogen (secondary N) is 1. The topological polar surface area (TPSA) is 35.5 Å². The minimum atomic E-state index is 0.318. The Morgan fingerprint density at radius 3 is 2.89 bits per heavy atom. The van der Waals surface area contributed by atoms with Crippen LogP contribution in [-0.4, -0.2) is 31.9 Å². The first-order valence-electron chi connectivity index (χ1n) is 7.49. The maximum atomic E-state index is 8.85. The van der Waals surface area contributed by atoms with E-state index in [4.69, 9.17) is 5.11 Å². The smallest absolute Gasteiger partial charge is 0.0431 e. The molecule has 1 aromatic rings.